The van der Waals surface area contributed by atoms with Crippen molar-refractivity contribution < 1.29 is 4.48 Å². The molecule has 22 heavy (non-hydrogen) atoms. The lowest BCUT2D eigenvalue weighted by Crippen LogP contribution is -2.55. The molecule has 4 heteroatoms. The van der Waals surface area contributed by atoms with Crippen molar-refractivity contribution in [2.24, 2.45) is 0 Å². The summed E-state index contributed by atoms with van der Waals surface area (Å²) in [6.07, 6.45) is 1.15. The predicted molar refractivity (Wildman–Crippen MR) is 94.7 cm³/mol. The number of benzene rings is 1. The third kappa shape index (κ3) is 2.73. The summed E-state index contributed by atoms with van der Waals surface area (Å²) in [5.74, 6) is 0. The minimum Gasteiger partial charge on any atom is -0.326 e. The van der Waals surface area contributed by atoms with Crippen LogP contribution < -0.4 is 0 Å². The van der Waals surface area contributed by atoms with Gasteiger partial charge in [-0.05, 0) is 35.1 Å². The van der Waals surface area contributed by atoms with Crippen LogP contribution in [-0.4, -0.2) is 49.7 Å². The van der Waals surface area contributed by atoms with Gasteiger partial charge in [-0.15, -0.1) is 11.3 Å². The fourth-order valence-corrected chi connectivity index (χ4v) is 5.74. The summed E-state index contributed by atoms with van der Waals surface area (Å²) in [7, 11) is 4.71. The average molecular weight is 332 g/mol. The van der Waals surface area contributed by atoms with Gasteiger partial charge < -0.3 is 4.48 Å². The highest BCUT2D eigenvalue weighted by molar-refractivity contribution is 8.01. The summed E-state index contributed by atoms with van der Waals surface area (Å²) in [6.45, 7) is 4.93. The van der Waals surface area contributed by atoms with E-state index in [1.54, 1.807) is 5.56 Å². The molecule has 0 N–H and O–H groups in total. The third-order valence-electron chi connectivity index (χ3n) is 5.03. The molecule has 0 bridgehead atoms. The molecule has 2 nitrogen and oxygen atoms in total. The van der Waals surface area contributed by atoms with Gasteiger partial charge in [-0.2, -0.15) is 0 Å². The largest absolute Gasteiger partial charge is 0.326 e. The smallest absolute Gasteiger partial charge is 0.0912 e. The molecule has 1 unspecified atom stereocenters. The van der Waals surface area contributed by atoms with E-state index in [2.05, 4.69) is 54.7 Å². The van der Waals surface area contributed by atoms with E-state index < -0.39 is 0 Å². The van der Waals surface area contributed by atoms with Crippen molar-refractivity contribution in [2.75, 3.05) is 40.3 Å². The highest BCUT2D eigenvalue weighted by Gasteiger charge is 2.33. The number of thiophene rings is 1. The molecule has 0 saturated carbocycles. The fourth-order valence-electron chi connectivity index (χ4n) is 3.48. The van der Waals surface area contributed by atoms with Gasteiger partial charge in [0.1, 0.15) is 0 Å². The lowest BCUT2D eigenvalue weighted by molar-refractivity contribution is -0.894. The molecule has 116 valence electrons. The Balaban J connectivity index is 1.67. The Morgan fingerprint density at radius 1 is 1.09 bits per heavy atom. The van der Waals surface area contributed by atoms with Gasteiger partial charge in [0.25, 0.3) is 0 Å². The maximum absolute atomic E-state index is 2.72. The number of hydrogen-bond acceptors (Lipinski definition) is 3. The molecule has 0 aliphatic carbocycles. The van der Waals surface area contributed by atoms with Crippen molar-refractivity contribution in [3.8, 4) is 0 Å². The Kier molecular flexibility index (Phi) is 3.81. The minimum atomic E-state index is 0.553. The van der Waals surface area contributed by atoms with Crippen molar-refractivity contribution in [3.63, 3.8) is 0 Å². The molecule has 0 radical (unpaired) electrons. The molecule has 4 rings (SSSR count). The van der Waals surface area contributed by atoms with E-state index in [1.807, 2.05) is 23.1 Å². The van der Waals surface area contributed by atoms with Gasteiger partial charge in [-0.3, -0.25) is 4.90 Å². The number of likely N-dealkylation sites (N-methyl/N-ethyl adjacent to an activating group) is 1. The molecule has 2 aliphatic rings. The lowest BCUT2D eigenvalue weighted by atomic mass is 9.98. The second-order valence-electron chi connectivity index (χ2n) is 7.01. The first-order valence-corrected chi connectivity index (χ1v) is 9.71. The summed E-state index contributed by atoms with van der Waals surface area (Å²) in [5, 5.41) is 2.27. The van der Waals surface area contributed by atoms with Crippen LogP contribution in [0.5, 0.6) is 0 Å². The number of piperazine rings is 1. The minimum absolute atomic E-state index is 0.553. The van der Waals surface area contributed by atoms with E-state index in [9.17, 15) is 0 Å². The third-order valence-corrected chi connectivity index (χ3v) is 7.33. The number of quaternary nitrogens is 1. The molecule has 2 aromatic rings. The van der Waals surface area contributed by atoms with Crippen LogP contribution in [0.1, 0.15) is 17.2 Å². The zero-order valence-electron chi connectivity index (χ0n) is 13.3. The summed E-state index contributed by atoms with van der Waals surface area (Å²) < 4.78 is 2.65. The zero-order chi connectivity index (χ0) is 15.2. The Morgan fingerprint density at radius 3 is 2.68 bits per heavy atom. The maximum Gasteiger partial charge on any atom is 0.0912 e. The number of fused-ring (bicyclic) bond motifs is 2. The molecule has 2 aliphatic heterocycles. The first-order chi connectivity index (χ1) is 10.6. The molecule has 1 atom stereocenters. The fraction of sp³-hybridized carbons (Fsp3) is 0.444. The van der Waals surface area contributed by atoms with Gasteiger partial charge in [0.2, 0.25) is 0 Å². The van der Waals surface area contributed by atoms with Gasteiger partial charge in [-0.1, -0.05) is 30.0 Å². The van der Waals surface area contributed by atoms with Crippen molar-refractivity contribution >= 4 is 23.1 Å². The Labute approximate surface area is 141 Å². The van der Waals surface area contributed by atoms with Gasteiger partial charge in [0, 0.05) is 24.0 Å². The molecule has 1 fully saturated rings. The predicted octanol–water partition coefficient (Wildman–Crippen LogP) is 3.89. The first kappa shape index (κ1) is 14.8. The highest BCUT2D eigenvalue weighted by Crippen LogP contribution is 2.45. The van der Waals surface area contributed by atoms with E-state index in [4.69, 9.17) is 0 Å². The van der Waals surface area contributed by atoms with E-state index >= 15 is 0 Å². The monoisotopic (exact) mass is 331 g/mol. The van der Waals surface area contributed by atoms with Crippen molar-refractivity contribution in [1.82, 2.24) is 4.90 Å². The van der Waals surface area contributed by atoms with Gasteiger partial charge >= 0.3 is 0 Å². The second kappa shape index (κ2) is 5.68. The number of rotatable bonds is 1. The number of nitrogens with zero attached hydrogens (tertiary/aromatic N) is 2. The topological polar surface area (TPSA) is 3.24 Å². The van der Waals surface area contributed by atoms with Crippen molar-refractivity contribution in [2.45, 2.75) is 21.6 Å². The van der Waals surface area contributed by atoms with Crippen LogP contribution in [0.2, 0.25) is 0 Å². The Hall–Kier alpha value is -0.810. The highest BCUT2D eigenvalue weighted by atomic mass is 32.2. The summed E-state index contributed by atoms with van der Waals surface area (Å²) in [4.78, 5) is 4.17. The molecule has 1 saturated heterocycles. The molecule has 1 aromatic carbocycles. The van der Waals surface area contributed by atoms with Crippen molar-refractivity contribution in [1.29, 1.82) is 0 Å². The second-order valence-corrected chi connectivity index (χ2v) is 9.24. The van der Waals surface area contributed by atoms with E-state index in [0.717, 1.165) is 10.9 Å². The van der Waals surface area contributed by atoms with Gasteiger partial charge in [0.15, 0.2) is 0 Å². The van der Waals surface area contributed by atoms with Gasteiger partial charge in [0.05, 0.1) is 31.4 Å². The van der Waals surface area contributed by atoms with Crippen molar-refractivity contribution in [3.05, 3.63) is 46.8 Å². The lowest BCUT2D eigenvalue weighted by Gasteiger charge is -2.42. The Morgan fingerprint density at radius 2 is 1.86 bits per heavy atom. The maximum atomic E-state index is 2.72. The van der Waals surface area contributed by atoms with Crippen LogP contribution in [0, 0.1) is 0 Å². The van der Waals surface area contributed by atoms with E-state index in [0.29, 0.717) is 6.04 Å². The normalized spacial score (nSPS) is 24.4. The summed E-state index contributed by atoms with van der Waals surface area (Å²) in [5.41, 5.74) is 3.07. The zero-order valence-corrected chi connectivity index (χ0v) is 14.9. The SMILES string of the molecule is C[N+]1(C)CCN(C2Cc3ccccc3Sc3sccc32)CC1. The number of hydrogen-bond donors (Lipinski definition) is 0. The van der Waals surface area contributed by atoms with Gasteiger partial charge in [-0.25, -0.2) is 0 Å². The molecule has 3 heterocycles. The average Bonchev–Trinajstić information content (AvgIpc) is 2.89. The molecule has 1 aromatic heterocycles. The summed E-state index contributed by atoms with van der Waals surface area (Å²) in [6, 6.07) is 11.9. The first-order valence-electron chi connectivity index (χ1n) is 8.02. The molecular weight excluding hydrogens is 308 g/mol. The van der Waals surface area contributed by atoms with Crippen LogP contribution in [0.25, 0.3) is 0 Å². The van der Waals surface area contributed by atoms with Crippen LogP contribution in [0.15, 0.2) is 44.8 Å². The Bertz CT molecular complexity index is 667. The van der Waals surface area contributed by atoms with E-state index in [-0.39, 0.29) is 0 Å². The van der Waals surface area contributed by atoms with Crippen LogP contribution in [0.4, 0.5) is 0 Å². The van der Waals surface area contributed by atoms with Crippen LogP contribution >= 0.6 is 23.1 Å². The van der Waals surface area contributed by atoms with Crippen LogP contribution in [0.3, 0.4) is 0 Å². The van der Waals surface area contributed by atoms with E-state index in [1.165, 1.54) is 40.8 Å². The quantitative estimate of drug-likeness (QED) is 0.730. The molecule has 0 spiro atoms. The standard InChI is InChI=1S/C18H23N2S2/c1-20(2)10-8-19(9-11-20)16-13-14-5-3-4-6-17(14)22-18-15(16)7-12-21-18/h3-7,12,16H,8-11,13H2,1-2H3/q+1. The van der Waals surface area contributed by atoms with Crippen LogP contribution in [-0.2, 0) is 6.42 Å². The summed E-state index contributed by atoms with van der Waals surface area (Å²) >= 11 is 3.87. The molecular formula is C18H23N2S2+. The molecule has 0 amide bonds.